The van der Waals surface area contributed by atoms with Crippen molar-refractivity contribution in [2.45, 2.75) is 31.2 Å². The Morgan fingerprint density at radius 3 is 2.60 bits per heavy atom. The van der Waals surface area contributed by atoms with E-state index in [-0.39, 0.29) is 10.6 Å². The molecule has 5 nitrogen and oxygen atoms in total. The third kappa shape index (κ3) is 4.73. The molecule has 7 heteroatoms. The summed E-state index contributed by atoms with van der Waals surface area (Å²) in [4.78, 5) is 1.95. The molecule has 0 radical (unpaired) electrons. The number of benzene rings is 1. The molecule has 0 amide bonds. The van der Waals surface area contributed by atoms with Crippen molar-refractivity contribution in [1.29, 1.82) is 0 Å². The second kappa shape index (κ2) is 7.01. The Hall–Kier alpha value is -1.18. The molecule has 1 atom stereocenters. The number of hydrogen-bond donors (Lipinski definition) is 2. The molecule has 0 aliphatic carbocycles. The SMILES string of the molecule is CCC(C)N(C)CCNc1ccc(S(N)(=O)=O)cc1F. The first-order valence-corrected chi connectivity index (χ1v) is 8.06. The van der Waals surface area contributed by atoms with Crippen molar-refractivity contribution in [1.82, 2.24) is 4.90 Å². The van der Waals surface area contributed by atoms with Crippen molar-refractivity contribution in [3.05, 3.63) is 24.0 Å². The standard InChI is InChI=1S/C13H22FN3O2S/c1-4-10(2)17(3)8-7-16-13-6-5-11(9-12(13)14)20(15,18)19/h5-6,9-10,16H,4,7-8H2,1-3H3,(H2,15,18,19). The lowest BCUT2D eigenvalue weighted by atomic mass is 10.2. The summed E-state index contributed by atoms with van der Waals surface area (Å²) < 4.78 is 35.9. The smallest absolute Gasteiger partial charge is 0.238 e. The van der Waals surface area contributed by atoms with Crippen molar-refractivity contribution in [2.24, 2.45) is 5.14 Å². The molecule has 0 bridgehead atoms. The number of anilines is 1. The maximum Gasteiger partial charge on any atom is 0.238 e. The van der Waals surface area contributed by atoms with E-state index in [0.29, 0.717) is 12.6 Å². The topological polar surface area (TPSA) is 75.4 Å². The van der Waals surface area contributed by atoms with Crippen molar-refractivity contribution >= 4 is 15.7 Å². The number of nitrogens with one attached hydrogen (secondary N) is 1. The number of likely N-dealkylation sites (N-methyl/N-ethyl adjacent to an activating group) is 1. The highest BCUT2D eigenvalue weighted by atomic mass is 32.2. The maximum absolute atomic E-state index is 13.7. The van der Waals surface area contributed by atoms with Crippen LogP contribution in [0.1, 0.15) is 20.3 Å². The van der Waals surface area contributed by atoms with Gasteiger partial charge in [-0.1, -0.05) is 6.92 Å². The van der Waals surface area contributed by atoms with Crippen LogP contribution in [0, 0.1) is 5.82 Å². The zero-order valence-electron chi connectivity index (χ0n) is 12.1. The van der Waals surface area contributed by atoms with E-state index in [4.69, 9.17) is 5.14 Å². The fraction of sp³-hybridized carbons (Fsp3) is 0.538. The molecule has 0 heterocycles. The number of nitrogens with two attached hydrogens (primary N) is 1. The highest BCUT2D eigenvalue weighted by Gasteiger charge is 2.12. The third-order valence-electron chi connectivity index (χ3n) is 3.39. The minimum Gasteiger partial charge on any atom is -0.381 e. The Bertz CT molecular complexity index is 549. The van der Waals surface area contributed by atoms with Gasteiger partial charge < -0.3 is 10.2 Å². The van der Waals surface area contributed by atoms with E-state index in [1.54, 1.807) is 0 Å². The Morgan fingerprint density at radius 2 is 2.10 bits per heavy atom. The molecule has 1 rings (SSSR count). The molecule has 1 aromatic rings. The summed E-state index contributed by atoms with van der Waals surface area (Å²) in [5.41, 5.74) is 0.273. The molecular weight excluding hydrogens is 281 g/mol. The second-order valence-electron chi connectivity index (χ2n) is 4.85. The Balaban J connectivity index is 2.62. The number of nitrogens with zero attached hydrogens (tertiary/aromatic N) is 1. The molecular formula is C13H22FN3O2S. The third-order valence-corrected chi connectivity index (χ3v) is 4.30. The largest absolute Gasteiger partial charge is 0.381 e. The van der Waals surface area contributed by atoms with Gasteiger partial charge in [-0.3, -0.25) is 0 Å². The van der Waals surface area contributed by atoms with Crippen molar-refractivity contribution in [3.8, 4) is 0 Å². The maximum atomic E-state index is 13.7. The van der Waals surface area contributed by atoms with E-state index in [1.165, 1.54) is 12.1 Å². The molecule has 1 aromatic carbocycles. The van der Waals surface area contributed by atoms with E-state index in [2.05, 4.69) is 24.1 Å². The highest BCUT2D eigenvalue weighted by molar-refractivity contribution is 7.89. The van der Waals surface area contributed by atoms with Crippen LogP contribution in [0.3, 0.4) is 0 Å². The lowest BCUT2D eigenvalue weighted by Gasteiger charge is -2.23. The molecule has 0 aliphatic heterocycles. The van der Waals surface area contributed by atoms with E-state index in [0.717, 1.165) is 19.0 Å². The lowest BCUT2D eigenvalue weighted by molar-refractivity contribution is 0.261. The van der Waals surface area contributed by atoms with E-state index >= 15 is 0 Å². The molecule has 3 N–H and O–H groups in total. The normalized spacial score (nSPS) is 13.5. The van der Waals surface area contributed by atoms with Crippen LogP contribution in [0.4, 0.5) is 10.1 Å². The molecule has 20 heavy (non-hydrogen) atoms. The number of rotatable bonds is 7. The predicted molar refractivity (Wildman–Crippen MR) is 78.6 cm³/mol. The number of primary sulfonamides is 1. The Labute approximate surface area is 120 Å². The van der Waals surface area contributed by atoms with Gasteiger partial charge in [0.2, 0.25) is 10.0 Å². The molecule has 0 aliphatic rings. The van der Waals surface area contributed by atoms with Crippen LogP contribution in [0.2, 0.25) is 0 Å². The van der Waals surface area contributed by atoms with E-state index in [1.807, 2.05) is 7.05 Å². The molecule has 0 saturated heterocycles. The van der Waals surface area contributed by atoms with Crippen molar-refractivity contribution in [3.63, 3.8) is 0 Å². The monoisotopic (exact) mass is 303 g/mol. The van der Waals surface area contributed by atoms with Crippen molar-refractivity contribution in [2.75, 3.05) is 25.5 Å². The van der Waals surface area contributed by atoms with Gasteiger partial charge in [0.15, 0.2) is 0 Å². The summed E-state index contributed by atoms with van der Waals surface area (Å²) in [6.45, 7) is 5.58. The van der Waals surface area contributed by atoms with Crippen molar-refractivity contribution < 1.29 is 12.8 Å². The van der Waals surface area contributed by atoms with Crippen LogP contribution in [0.25, 0.3) is 0 Å². The van der Waals surface area contributed by atoms with Gasteiger partial charge in [-0.25, -0.2) is 17.9 Å². The number of halogens is 1. The zero-order valence-corrected chi connectivity index (χ0v) is 12.9. The highest BCUT2D eigenvalue weighted by Crippen LogP contribution is 2.17. The molecule has 0 saturated carbocycles. The van der Waals surface area contributed by atoms with Gasteiger partial charge in [-0.2, -0.15) is 0 Å². The summed E-state index contributed by atoms with van der Waals surface area (Å²) in [6.07, 6.45) is 1.05. The average molecular weight is 303 g/mol. The molecule has 0 aromatic heterocycles. The molecule has 0 spiro atoms. The second-order valence-corrected chi connectivity index (χ2v) is 6.41. The summed E-state index contributed by atoms with van der Waals surface area (Å²) >= 11 is 0. The summed E-state index contributed by atoms with van der Waals surface area (Å²) in [5.74, 6) is -0.622. The predicted octanol–water partition coefficient (Wildman–Crippen LogP) is 1.62. The van der Waals surface area contributed by atoms with Crippen LogP contribution in [0.15, 0.2) is 23.1 Å². The molecule has 0 fully saturated rings. The first kappa shape index (κ1) is 16.9. The fourth-order valence-electron chi connectivity index (χ4n) is 1.72. The van der Waals surface area contributed by atoms with Crippen LogP contribution in [-0.2, 0) is 10.0 Å². The van der Waals surface area contributed by atoms with Crippen LogP contribution in [-0.4, -0.2) is 39.5 Å². The average Bonchev–Trinajstić information content (AvgIpc) is 2.38. The molecule has 114 valence electrons. The minimum absolute atomic E-state index is 0.225. The number of sulfonamides is 1. The quantitative estimate of drug-likeness (QED) is 0.802. The molecule has 1 unspecified atom stereocenters. The number of hydrogen-bond acceptors (Lipinski definition) is 4. The van der Waals surface area contributed by atoms with E-state index in [9.17, 15) is 12.8 Å². The first-order chi connectivity index (χ1) is 9.25. The van der Waals surface area contributed by atoms with Gasteiger partial charge >= 0.3 is 0 Å². The first-order valence-electron chi connectivity index (χ1n) is 6.52. The van der Waals surface area contributed by atoms with Crippen LogP contribution >= 0.6 is 0 Å². The van der Waals surface area contributed by atoms with E-state index < -0.39 is 15.8 Å². The van der Waals surface area contributed by atoms with Gasteiger partial charge in [-0.15, -0.1) is 0 Å². The lowest BCUT2D eigenvalue weighted by Crippen LogP contribution is -2.32. The summed E-state index contributed by atoms with van der Waals surface area (Å²) in [5, 5.41) is 7.89. The fourth-order valence-corrected chi connectivity index (χ4v) is 2.24. The minimum atomic E-state index is -3.87. The Morgan fingerprint density at radius 1 is 1.45 bits per heavy atom. The van der Waals surface area contributed by atoms with Crippen LogP contribution < -0.4 is 10.5 Å². The van der Waals surface area contributed by atoms with Crippen LogP contribution in [0.5, 0.6) is 0 Å². The van der Waals surface area contributed by atoms with Gasteiger partial charge in [0.05, 0.1) is 10.6 Å². The summed E-state index contributed by atoms with van der Waals surface area (Å²) in [7, 11) is -1.86. The van der Waals surface area contributed by atoms with Gasteiger partial charge in [0.25, 0.3) is 0 Å². The van der Waals surface area contributed by atoms with Gasteiger partial charge in [0, 0.05) is 19.1 Å². The van der Waals surface area contributed by atoms with Gasteiger partial charge in [-0.05, 0) is 38.6 Å². The van der Waals surface area contributed by atoms with Gasteiger partial charge in [0.1, 0.15) is 5.82 Å². The Kier molecular flexibility index (Phi) is 5.91. The summed E-state index contributed by atoms with van der Waals surface area (Å²) in [6, 6.07) is 4.07. The zero-order chi connectivity index (χ0) is 15.3.